The van der Waals surface area contributed by atoms with Gasteiger partial charge in [0, 0.05) is 43.1 Å². The standard InChI is InChI=1S/C22H18Cl2F2N4O3S/c1-8-15(23)16(24)18(27-8)20(31)29-17-10-6-30(7-11(10)17)22-28-14(19(34-22)21(32)33)5-9-2-3-12(25)13(26)4-9/h2-4,10-11,17,27H,5-7H2,1H3,(H,29,31)(H,32,33)/t10-,11+,17+. The maximum Gasteiger partial charge on any atom is 0.347 e. The van der Waals surface area contributed by atoms with Crippen LogP contribution in [0.15, 0.2) is 18.2 Å². The predicted molar refractivity (Wildman–Crippen MR) is 124 cm³/mol. The van der Waals surface area contributed by atoms with Crippen molar-refractivity contribution in [3.8, 4) is 0 Å². The number of hydrogen-bond donors (Lipinski definition) is 3. The number of aryl methyl sites for hydroxylation is 1. The summed E-state index contributed by atoms with van der Waals surface area (Å²) in [5.41, 5.74) is 1.59. The molecule has 2 aliphatic rings. The smallest absolute Gasteiger partial charge is 0.347 e. The number of aromatic nitrogens is 2. The van der Waals surface area contributed by atoms with E-state index in [-0.39, 0.29) is 45.8 Å². The van der Waals surface area contributed by atoms with Gasteiger partial charge >= 0.3 is 5.97 Å². The molecule has 12 heteroatoms. The lowest BCUT2D eigenvalue weighted by Crippen LogP contribution is -2.34. The number of piperidine rings is 1. The van der Waals surface area contributed by atoms with E-state index >= 15 is 0 Å². The molecule has 2 aromatic heterocycles. The van der Waals surface area contributed by atoms with Crippen molar-refractivity contribution in [2.45, 2.75) is 19.4 Å². The highest BCUT2D eigenvalue weighted by atomic mass is 35.5. The molecule has 1 aliphatic carbocycles. The molecule has 3 N–H and O–H groups in total. The molecule has 1 saturated heterocycles. The minimum absolute atomic E-state index is 0.0113. The van der Waals surface area contributed by atoms with Crippen LogP contribution in [-0.2, 0) is 6.42 Å². The van der Waals surface area contributed by atoms with Crippen LogP contribution in [0.5, 0.6) is 0 Å². The molecule has 1 aromatic carbocycles. The zero-order chi connectivity index (χ0) is 24.3. The SMILES string of the molecule is Cc1[nH]c(C(=O)N[C@H]2[C@@H]3CN(c4nc(Cc5ccc(F)c(F)c5)c(C(=O)O)s4)C[C@@H]32)c(Cl)c1Cl. The van der Waals surface area contributed by atoms with Gasteiger partial charge in [-0.15, -0.1) is 0 Å². The normalized spacial score (nSPS) is 21.0. The van der Waals surface area contributed by atoms with Gasteiger partial charge in [-0.1, -0.05) is 40.6 Å². The zero-order valence-electron chi connectivity index (χ0n) is 17.7. The number of H-pyrrole nitrogens is 1. The van der Waals surface area contributed by atoms with E-state index in [2.05, 4.69) is 15.3 Å². The minimum Gasteiger partial charge on any atom is -0.477 e. The van der Waals surface area contributed by atoms with Crippen molar-refractivity contribution >= 4 is 51.5 Å². The molecule has 1 aliphatic heterocycles. The maximum absolute atomic E-state index is 13.6. The van der Waals surface area contributed by atoms with Gasteiger partial charge in [0.15, 0.2) is 16.8 Å². The Morgan fingerprint density at radius 1 is 1.24 bits per heavy atom. The molecule has 3 aromatic rings. The number of thiazole rings is 1. The van der Waals surface area contributed by atoms with Crippen molar-refractivity contribution in [1.82, 2.24) is 15.3 Å². The van der Waals surface area contributed by atoms with Crippen LogP contribution in [-0.4, -0.2) is 46.1 Å². The summed E-state index contributed by atoms with van der Waals surface area (Å²) in [5.74, 6) is -2.97. The zero-order valence-corrected chi connectivity index (χ0v) is 20.0. The lowest BCUT2D eigenvalue weighted by atomic mass is 10.1. The minimum atomic E-state index is -1.12. The van der Waals surface area contributed by atoms with Gasteiger partial charge in [-0.2, -0.15) is 0 Å². The Hall–Kier alpha value is -2.69. The number of carboxylic acid groups (broad SMARTS) is 1. The van der Waals surface area contributed by atoms with E-state index in [1.54, 1.807) is 6.92 Å². The largest absolute Gasteiger partial charge is 0.477 e. The number of halogens is 4. The number of carboxylic acids is 1. The number of aromatic amines is 1. The van der Waals surface area contributed by atoms with Crippen LogP contribution in [0, 0.1) is 30.4 Å². The van der Waals surface area contributed by atoms with Crippen LogP contribution in [0.1, 0.15) is 37.1 Å². The van der Waals surface area contributed by atoms with Gasteiger partial charge in [0.05, 0.1) is 15.7 Å². The second kappa shape index (κ2) is 8.51. The first-order valence-corrected chi connectivity index (χ1v) is 12.0. The topological polar surface area (TPSA) is 98.3 Å². The highest BCUT2D eigenvalue weighted by molar-refractivity contribution is 7.17. The molecular weight excluding hydrogens is 509 g/mol. The summed E-state index contributed by atoms with van der Waals surface area (Å²) >= 11 is 13.2. The van der Waals surface area contributed by atoms with Crippen molar-refractivity contribution in [2.24, 2.45) is 11.8 Å². The number of aromatic carboxylic acids is 1. The third kappa shape index (κ3) is 4.03. The van der Waals surface area contributed by atoms with E-state index in [1.165, 1.54) is 6.07 Å². The lowest BCUT2D eigenvalue weighted by Gasteiger charge is -2.19. The van der Waals surface area contributed by atoms with Crippen molar-refractivity contribution in [2.75, 3.05) is 18.0 Å². The predicted octanol–water partition coefficient (Wildman–Crippen LogP) is 4.52. The van der Waals surface area contributed by atoms with E-state index in [1.807, 2.05) is 4.90 Å². The van der Waals surface area contributed by atoms with Gasteiger partial charge in [0.2, 0.25) is 0 Å². The quantitative estimate of drug-likeness (QED) is 0.438. The van der Waals surface area contributed by atoms with Crippen LogP contribution in [0.2, 0.25) is 10.0 Å². The number of amides is 1. The molecular formula is C22H18Cl2F2N4O3S. The summed E-state index contributed by atoms with van der Waals surface area (Å²) in [6.45, 7) is 2.96. The third-order valence-corrected chi connectivity index (χ3v) is 8.37. The number of nitrogens with one attached hydrogen (secondary N) is 2. The summed E-state index contributed by atoms with van der Waals surface area (Å²) in [4.78, 5) is 33.8. The molecule has 2 fully saturated rings. The molecule has 5 rings (SSSR count). The van der Waals surface area contributed by atoms with Gasteiger partial charge in [-0.25, -0.2) is 18.6 Å². The Morgan fingerprint density at radius 2 is 1.94 bits per heavy atom. The fourth-order valence-electron chi connectivity index (χ4n) is 4.45. The van der Waals surface area contributed by atoms with Crippen LogP contribution in [0.25, 0.3) is 0 Å². The Labute approximate surface area is 206 Å². The van der Waals surface area contributed by atoms with Gasteiger partial charge in [0.1, 0.15) is 10.6 Å². The molecule has 0 unspecified atom stereocenters. The van der Waals surface area contributed by atoms with Crippen LogP contribution in [0.3, 0.4) is 0 Å². The Bertz CT molecular complexity index is 1320. The van der Waals surface area contributed by atoms with Gasteiger partial charge in [-0.05, 0) is 24.6 Å². The highest BCUT2D eigenvalue weighted by Crippen LogP contribution is 2.48. The van der Waals surface area contributed by atoms with E-state index in [0.717, 1.165) is 23.5 Å². The van der Waals surface area contributed by atoms with E-state index in [4.69, 9.17) is 23.2 Å². The molecule has 7 nitrogen and oxygen atoms in total. The summed E-state index contributed by atoms with van der Waals surface area (Å²) in [6, 6.07) is 3.45. The van der Waals surface area contributed by atoms with Gasteiger partial charge in [0.25, 0.3) is 5.91 Å². The summed E-state index contributed by atoms with van der Waals surface area (Å²) in [6.07, 6.45) is 0.0770. The molecule has 0 bridgehead atoms. The van der Waals surface area contributed by atoms with Crippen molar-refractivity contribution < 1.29 is 23.5 Å². The number of hydrogen-bond acceptors (Lipinski definition) is 5. The van der Waals surface area contributed by atoms with E-state index in [0.29, 0.717) is 40.2 Å². The van der Waals surface area contributed by atoms with Gasteiger partial charge < -0.3 is 20.3 Å². The van der Waals surface area contributed by atoms with Crippen molar-refractivity contribution in [1.29, 1.82) is 0 Å². The first-order chi connectivity index (χ1) is 16.1. The monoisotopic (exact) mass is 526 g/mol. The average molecular weight is 527 g/mol. The molecule has 0 spiro atoms. The highest BCUT2D eigenvalue weighted by Gasteiger charge is 2.57. The Balaban J connectivity index is 1.25. The number of carbonyl (C=O) groups excluding carboxylic acids is 1. The number of nitrogens with zero attached hydrogens (tertiary/aromatic N) is 2. The van der Waals surface area contributed by atoms with Crippen LogP contribution >= 0.6 is 34.5 Å². The lowest BCUT2D eigenvalue weighted by molar-refractivity contribution is 0.0700. The first-order valence-electron chi connectivity index (χ1n) is 10.4. The fraction of sp³-hybridized carbons (Fsp3) is 0.318. The Morgan fingerprint density at radius 3 is 2.53 bits per heavy atom. The number of rotatable bonds is 6. The number of carbonyl (C=O) groups is 2. The number of anilines is 1. The second-order valence-electron chi connectivity index (χ2n) is 8.49. The Kier molecular flexibility index (Phi) is 5.78. The fourth-order valence-corrected chi connectivity index (χ4v) is 5.81. The van der Waals surface area contributed by atoms with Crippen LogP contribution in [0.4, 0.5) is 13.9 Å². The van der Waals surface area contributed by atoms with Crippen molar-refractivity contribution in [3.63, 3.8) is 0 Å². The average Bonchev–Trinajstić information content (AvgIpc) is 3.15. The summed E-state index contributed by atoms with van der Waals surface area (Å²) < 4.78 is 26.8. The molecule has 3 atom stereocenters. The van der Waals surface area contributed by atoms with Crippen molar-refractivity contribution in [3.05, 3.63) is 67.4 Å². The molecule has 34 heavy (non-hydrogen) atoms. The van der Waals surface area contributed by atoms with Gasteiger partial charge in [-0.3, -0.25) is 4.79 Å². The number of fused-ring (bicyclic) bond motifs is 1. The maximum atomic E-state index is 13.6. The molecule has 178 valence electrons. The first kappa shape index (κ1) is 23.1. The van der Waals surface area contributed by atoms with E-state index < -0.39 is 17.6 Å². The molecule has 0 radical (unpaired) electrons. The second-order valence-corrected chi connectivity index (χ2v) is 10.2. The van der Waals surface area contributed by atoms with E-state index in [9.17, 15) is 23.5 Å². The summed E-state index contributed by atoms with van der Waals surface area (Å²) in [7, 11) is 0. The summed E-state index contributed by atoms with van der Waals surface area (Å²) in [5, 5.41) is 13.7. The van der Waals surface area contributed by atoms with Crippen LogP contribution < -0.4 is 10.2 Å². The third-order valence-electron chi connectivity index (χ3n) is 6.28. The molecule has 1 saturated carbocycles. The molecule has 1 amide bonds. The molecule has 3 heterocycles. The number of benzene rings is 1.